The average Bonchev–Trinajstić information content (AvgIpc) is 2.86. The van der Waals surface area contributed by atoms with Gasteiger partial charge in [-0.05, 0) is 32.1 Å². The predicted molar refractivity (Wildman–Crippen MR) is 155 cm³/mol. The second kappa shape index (κ2) is 23.5. The highest BCUT2D eigenvalue weighted by atomic mass is 31.2. The second-order valence-electron chi connectivity index (χ2n) is 11.1. The first-order valence-corrected chi connectivity index (χ1v) is 16.4. The van der Waals surface area contributed by atoms with Crippen LogP contribution in [0, 0.1) is 0 Å². The van der Waals surface area contributed by atoms with Crippen molar-refractivity contribution < 1.29 is 42.1 Å². The van der Waals surface area contributed by atoms with Gasteiger partial charge in [0, 0.05) is 12.8 Å². The molecule has 0 rings (SSSR count). The van der Waals surface area contributed by atoms with E-state index in [9.17, 15) is 19.0 Å². The summed E-state index contributed by atoms with van der Waals surface area (Å²) in [5.41, 5.74) is 0. The van der Waals surface area contributed by atoms with Crippen molar-refractivity contribution in [2.24, 2.45) is 0 Å². The molecule has 0 spiro atoms. The maximum absolute atomic E-state index is 12.3. The molecule has 0 saturated carbocycles. The molecule has 0 saturated heterocycles. The van der Waals surface area contributed by atoms with Gasteiger partial charge in [0.25, 0.3) is 0 Å². The molecule has 2 atom stereocenters. The van der Waals surface area contributed by atoms with Gasteiger partial charge in [0.05, 0.1) is 27.7 Å². The van der Waals surface area contributed by atoms with Crippen LogP contribution in [0.2, 0.25) is 0 Å². The molecule has 10 heteroatoms. The summed E-state index contributed by atoms with van der Waals surface area (Å²) in [6.45, 7) is 3.78. The normalized spacial score (nSPS) is 14.3. The van der Waals surface area contributed by atoms with Crippen LogP contribution in [0.4, 0.5) is 0 Å². The lowest BCUT2D eigenvalue weighted by molar-refractivity contribution is -0.870. The molecule has 1 unspecified atom stereocenters. The lowest BCUT2D eigenvalue weighted by Gasteiger charge is -2.24. The standard InChI is InChI=1S/C29H56NO8P/c1-6-8-9-10-11-12-13-14-15-16-17-18-19-20-21-22-29(32)38-27(25-35-28(31)7-2)26-37-39(33,34)36-24-23-30(3,4)5/h14-15,27H,6-13,16-26H2,1-5H3/p+1/b15-14+/t27-/m1/s1. The minimum atomic E-state index is -4.33. The molecule has 9 nitrogen and oxygen atoms in total. The van der Waals surface area contributed by atoms with E-state index in [1.807, 2.05) is 21.1 Å². The molecule has 0 fully saturated rings. The van der Waals surface area contributed by atoms with Crippen LogP contribution < -0.4 is 0 Å². The molecule has 0 aliphatic carbocycles. The number of phosphoric acid groups is 1. The maximum Gasteiger partial charge on any atom is 0.472 e. The zero-order valence-electron chi connectivity index (χ0n) is 25.4. The van der Waals surface area contributed by atoms with Crippen LogP contribution in [0.5, 0.6) is 0 Å². The number of carbonyl (C=O) groups excluding carboxylic acids is 2. The number of allylic oxidation sites excluding steroid dienone is 2. The number of ether oxygens (including phenoxy) is 2. The van der Waals surface area contributed by atoms with E-state index < -0.39 is 32.5 Å². The van der Waals surface area contributed by atoms with E-state index in [4.69, 9.17) is 18.5 Å². The summed E-state index contributed by atoms with van der Waals surface area (Å²) >= 11 is 0. The van der Waals surface area contributed by atoms with Crippen molar-refractivity contribution >= 4 is 19.8 Å². The Balaban J connectivity index is 4.15. The number of likely N-dealkylation sites (N-methyl/N-ethyl adjacent to an activating group) is 1. The van der Waals surface area contributed by atoms with E-state index in [-0.39, 0.29) is 26.1 Å². The highest BCUT2D eigenvalue weighted by Gasteiger charge is 2.26. The van der Waals surface area contributed by atoms with E-state index in [0.717, 1.165) is 32.1 Å². The van der Waals surface area contributed by atoms with Gasteiger partial charge in [0.1, 0.15) is 19.8 Å². The van der Waals surface area contributed by atoms with Gasteiger partial charge in [0.2, 0.25) is 0 Å². The minimum Gasteiger partial charge on any atom is -0.462 e. The Morgan fingerprint density at radius 3 is 1.92 bits per heavy atom. The van der Waals surface area contributed by atoms with Crippen molar-refractivity contribution in [2.75, 3.05) is 47.5 Å². The molecule has 0 radical (unpaired) electrons. The summed E-state index contributed by atoms with van der Waals surface area (Å²) in [4.78, 5) is 33.8. The monoisotopic (exact) mass is 578 g/mol. The van der Waals surface area contributed by atoms with Crippen molar-refractivity contribution in [1.29, 1.82) is 0 Å². The van der Waals surface area contributed by atoms with Crippen LogP contribution >= 0.6 is 7.82 Å². The van der Waals surface area contributed by atoms with Crippen molar-refractivity contribution in [1.82, 2.24) is 0 Å². The first kappa shape index (κ1) is 37.8. The Labute approximate surface area is 237 Å². The largest absolute Gasteiger partial charge is 0.472 e. The van der Waals surface area contributed by atoms with E-state index >= 15 is 0 Å². The first-order valence-electron chi connectivity index (χ1n) is 14.9. The molecule has 230 valence electrons. The molecule has 0 amide bonds. The fourth-order valence-corrected chi connectivity index (χ4v) is 4.38. The fourth-order valence-electron chi connectivity index (χ4n) is 3.63. The number of carbonyl (C=O) groups is 2. The average molecular weight is 579 g/mol. The van der Waals surface area contributed by atoms with Crippen LogP contribution in [0.25, 0.3) is 0 Å². The number of rotatable bonds is 26. The third-order valence-corrected chi connectivity index (χ3v) is 7.08. The summed E-state index contributed by atoms with van der Waals surface area (Å²) in [5, 5.41) is 0. The van der Waals surface area contributed by atoms with Crippen molar-refractivity contribution in [2.45, 2.75) is 116 Å². The molecule has 0 heterocycles. The number of hydrogen-bond acceptors (Lipinski definition) is 7. The van der Waals surface area contributed by atoms with Gasteiger partial charge < -0.3 is 18.9 Å². The first-order chi connectivity index (χ1) is 18.5. The summed E-state index contributed by atoms with van der Waals surface area (Å²) in [6.07, 6.45) is 19.2. The highest BCUT2D eigenvalue weighted by molar-refractivity contribution is 7.47. The third kappa shape index (κ3) is 26.7. The smallest absolute Gasteiger partial charge is 0.462 e. The lowest BCUT2D eigenvalue weighted by atomic mass is 10.1. The van der Waals surface area contributed by atoms with Gasteiger partial charge in [-0.2, -0.15) is 0 Å². The Bertz CT molecular complexity index is 708. The Morgan fingerprint density at radius 1 is 0.795 bits per heavy atom. The van der Waals surface area contributed by atoms with Gasteiger partial charge in [-0.15, -0.1) is 0 Å². The van der Waals surface area contributed by atoms with Crippen LogP contribution in [-0.2, 0) is 32.7 Å². The molecular weight excluding hydrogens is 521 g/mol. The zero-order valence-corrected chi connectivity index (χ0v) is 26.3. The second-order valence-corrected chi connectivity index (χ2v) is 12.5. The van der Waals surface area contributed by atoms with E-state index in [1.54, 1.807) is 6.92 Å². The van der Waals surface area contributed by atoms with E-state index in [1.165, 1.54) is 44.9 Å². The number of quaternary nitrogens is 1. The number of nitrogens with zero attached hydrogens (tertiary/aromatic N) is 1. The van der Waals surface area contributed by atoms with Gasteiger partial charge in [-0.1, -0.05) is 77.4 Å². The SMILES string of the molecule is CCCCCCCC/C=C/CCCCCCCC(=O)O[C@H](COC(=O)CC)COP(=O)(O)OCC[N+](C)(C)C. The summed E-state index contributed by atoms with van der Waals surface area (Å²) in [5.74, 6) is -0.910. The topological polar surface area (TPSA) is 108 Å². The highest BCUT2D eigenvalue weighted by Crippen LogP contribution is 2.43. The van der Waals surface area contributed by atoms with Crippen molar-refractivity contribution in [3.63, 3.8) is 0 Å². The molecule has 0 aromatic rings. The lowest BCUT2D eigenvalue weighted by Crippen LogP contribution is -2.37. The van der Waals surface area contributed by atoms with Crippen molar-refractivity contribution in [3.8, 4) is 0 Å². The van der Waals surface area contributed by atoms with Gasteiger partial charge in [-0.25, -0.2) is 4.57 Å². The summed E-state index contributed by atoms with van der Waals surface area (Å²) in [6, 6.07) is 0. The van der Waals surface area contributed by atoms with Crippen molar-refractivity contribution in [3.05, 3.63) is 12.2 Å². The zero-order chi connectivity index (χ0) is 29.4. The van der Waals surface area contributed by atoms with Crippen LogP contribution in [-0.4, -0.2) is 74.9 Å². The maximum atomic E-state index is 12.3. The summed E-state index contributed by atoms with van der Waals surface area (Å²) in [7, 11) is 1.46. The molecule has 0 aromatic heterocycles. The number of hydrogen-bond donors (Lipinski definition) is 1. The Hall–Kier alpha value is -1.25. The Kier molecular flexibility index (Phi) is 22.7. The molecular formula is C29H57NO8P+. The molecule has 1 N–H and O–H groups in total. The van der Waals surface area contributed by atoms with E-state index in [0.29, 0.717) is 17.4 Å². The van der Waals surface area contributed by atoms with Crippen LogP contribution in [0.1, 0.15) is 110 Å². The number of esters is 2. The van der Waals surface area contributed by atoms with Crippen LogP contribution in [0.3, 0.4) is 0 Å². The molecule has 0 aliphatic rings. The summed E-state index contributed by atoms with van der Waals surface area (Å²) < 4.78 is 33.2. The van der Waals surface area contributed by atoms with Gasteiger partial charge in [0.15, 0.2) is 6.10 Å². The molecule has 0 aromatic carbocycles. The number of unbranched alkanes of at least 4 members (excludes halogenated alkanes) is 11. The molecule has 0 bridgehead atoms. The fraction of sp³-hybridized carbons (Fsp3) is 0.862. The molecule has 39 heavy (non-hydrogen) atoms. The number of phosphoric ester groups is 1. The predicted octanol–water partition coefficient (Wildman–Crippen LogP) is 6.73. The minimum absolute atomic E-state index is 0.0298. The van der Waals surface area contributed by atoms with Crippen LogP contribution in [0.15, 0.2) is 12.2 Å². The third-order valence-electron chi connectivity index (χ3n) is 6.10. The van der Waals surface area contributed by atoms with Gasteiger partial charge >= 0.3 is 19.8 Å². The Morgan fingerprint density at radius 2 is 1.36 bits per heavy atom. The molecule has 0 aliphatic heterocycles. The quantitative estimate of drug-likeness (QED) is 0.0396. The van der Waals surface area contributed by atoms with Gasteiger partial charge in [-0.3, -0.25) is 18.6 Å². The van der Waals surface area contributed by atoms with E-state index in [2.05, 4.69) is 19.1 Å².